The van der Waals surface area contributed by atoms with Gasteiger partial charge in [-0.15, -0.1) is 21.5 Å². The van der Waals surface area contributed by atoms with E-state index >= 15 is 0 Å². The van der Waals surface area contributed by atoms with Crippen LogP contribution in [0.25, 0.3) is 0 Å². The van der Waals surface area contributed by atoms with E-state index in [2.05, 4.69) is 15.5 Å². The third-order valence-electron chi connectivity index (χ3n) is 5.04. The van der Waals surface area contributed by atoms with E-state index in [1.807, 2.05) is 41.8 Å². The van der Waals surface area contributed by atoms with Crippen LogP contribution < -0.4 is 5.32 Å². The summed E-state index contributed by atoms with van der Waals surface area (Å²) in [4.78, 5) is 39.4. The molecule has 0 unspecified atom stereocenters. The van der Waals surface area contributed by atoms with E-state index in [-0.39, 0.29) is 23.1 Å². The number of ether oxygens (including phenoxy) is 1. The number of amides is 2. The molecule has 0 saturated heterocycles. The highest BCUT2D eigenvalue weighted by Crippen LogP contribution is 2.34. The minimum atomic E-state index is -0.606. The molecule has 180 valence electrons. The average Bonchev–Trinajstić information content (AvgIpc) is 3.36. The van der Waals surface area contributed by atoms with E-state index in [1.165, 1.54) is 23.8 Å². The Morgan fingerprint density at radius 2 is 1.88 bits per heavy atom. The van der Waals surface area contributed by atoms with E-state index in [0.29, 0.717) is 33.6 Å². The molecule has 2 amide bonds. The number of carbonyl (C=O) groups excluding carboxylic acids is 3. The molecule has 34 heavy (non-hydrogen) atoms. The number of thiophene rings is 1. The summed E-state index contributed by atoms with van der Waals surface area (Å²) in [6.07, 6.45) is 0.647. The van der Waals surface area contributed by atoms with Crippen molar-refractivity contribution in [2.45, 2.75) is 32.0 Å². The number of methoxy groups -OCH3 is 1. The van der Waals surface area contributed by atoms with Crippen molar-refractivity contribution in [2.75, 3.05) is 32.3 Å². The Balaban J connectivity index is 1.74. The third kappa shape index (κ3) is 5.65. The summed E-state index contributed by atoms with van der Waals surface area (Å²) < 4.78 is 6.85. The standard InChI is InChI=1S/C23H27N5O4S2/c1-6-28-16(12-15-10-8-7-9-11-15)25-26-23(28)33-13-17(29)24-20-18(22(31)32-5)14(2)19(34-20)21(30)27(3)4/h7-11H,6,12-13H2,1-5H3,(H,24,29). The maximum Gasteiger partial charge on any atom is 0.341 e. The molecule has 0 aliphatic heterocycles. The predicted octanol–water partition coefficient (Wildman–Crippen LogP) is 3.48. The summed E-state index contributed by atoms with van der Waals surface area (Å²) in [6.45, 7) is 4.34. The van der Waals surface area contributed by atoms with Crippen molar-refractivity contribution < 1.29 is 19.1 Å². The lowest BCUT2D eigenvalue weighted by Gasteiger charge is -2.08. The molecule has 0 fully saturated rings. The molecule has 0 atom stereocenters. The van der Waals surface area contributed by atoms with Gasteiger partial charge in [0, 0.05) is 27.1 Å². The number of nitrogens with one attached hydrogen (secondary N) is 1. The van der Waals surface area contributed by atoms with Gasteiger partial charge in [0.25, 0.3) is 5.91 Å². The Morgan fingerprint density at radius 3 is 2.50 bits per heavy atom. The zero-order valence-electron chi connectivity index (χ0n) is 19.7. The van der Waals surface area contributed by atoms with E-state index < -0.39 is 5.97 Å². The Morgan fingerprint density at radius 1 is 1.18 bits per heavy atom. The molecule has 2 heterocycles. The van der Waals surface area contributed by atoms with Gasteiger partial charge >= 0.3 is 5.97 Å². The fourth-order valence-electron chi connectivity index (χ4n) is 3.30. The van der Waals surface area contributed by atoms with Gasteiger partial charge in [-0.05, 0) is 25.0 Å². The van der Waals surface area contributed by atoms with Crippen molar-refractivity contribution in [2.24, 2.45) is 0 Å². The maximum atomic E-state index is 12.7. The second kappa shape index (κ2) is 11.3. The van der Waals surface area contributed by atoms with Crippen LogP contribution in [0.3, 0.4) is 0 Å². The molecule has 1 N–H and O–H groups in total. The minimum absolute atomic E-state index is 0.0675. The summed E-state index contributed by atoms with van der Waals surface area (Å²) in [6, 6.07) is 10.00. The van der Waals surface area contributed by atoms with Crippen LogP contribution in [0.4, 0.5) is 5.00 Å². The van der Waals surface area contributed by atoms with Crippen molar-refractivity contribution in [3.8, 4) is 0 Å². The molecule has 0 saturated carbocycles. The molecule has 3 rings (SSSR count). The van der Waals surface area contributed by atoms with E-state index in [0.717, 1.165) is 22.7 Å². The van der Waals surface area contributed by atoms with Crippen molar-refractivity contribution in [1.82, 2.24) is 19.7 Å². The van der Waals surface area contributed by atoms with Gasteiger partial charge in [-0.25, -0.2) is 4.79 Å². The van der Waals surface area contributed by atoms with Gasteiger partial charge in [0.05, 0.1) is 23.3 Å². The molecule has 0 aliphatic rings. The highest BCUT2D eigenvalue weighted by molar-refractivity contribution is 7.99. The summed E-state index contributed by atoms with van der Waals surface area (Å²) in [5, 5.41) is 12.3. The van der Waals surface area contributed by atoms with Crippen LogP contribution in [0.2, 0.25) is 0 Å². The zero-order chi connectivity index (χ0) is 24.8. The van der Waals surface area contributed by atoms with Gasteiger partial charge in [-0.2, -0.15) is 0 Å². The first-order chi connectivity index (χ1) is 16.3. The number of hydrogen-bond donors (Lipinski definition) is 1. The number of rotatable bonds is 9. The second-order valence-corrected chi connectivity index (χ2v) is 9.56. The van der Waals surface area contributed by atoms with Crippen LogP contribution in [-0.2, 0) is 22.5 Å². The molecular formula is C23H27N5O4S2. The molecule has 0 spiro atoms. The van der Waals surface area contributed by atoms with E-state index in [1.54, 1.807) is 21.0 Å². The lowest BCUT2D eigenvalue weighted by Crippen LogP contribution is -2.21. The van der Waals surface area contributed by atoms with Gasteiger partial charge in [-0.3, -0.25) is 9.59 Å². The van der Waals surface area contributed by atoms with Crippen LogP contribution in [0.15, 0.2) is 35.5 Å². The molecule has 0 bridgehead atoms. The SMILES string of the molecule is CCn1c(Cc2ccccc2)nnc1SCC(=O)Nc1sc(C(=O)N(C)C)c(C)c1C(=O)OC. The molecule has 3 aromatic rings. The van der Waals surface area contributed by atoms with Crippen molar-refractivity contribution in [3.05, 3.63) is 57.7 Å². The van der Waals surface area contributed by atoms with Gasteiger partial charge in [0.1, 0.15) is 10.8 Å². The van der Waals surface area contributed by atoms with Crippen LogP contribution in [-0.4, -0.2) is 64.4 Å². The predicted molar refractivity (Wildman–Crippen MR) is 133 cm³/mol. The average molecular weight is 502 g/mol. The minimum Gasteiger partial charge on any atom is -0.465 e. The first-order valence-electron chi connectivity index (χ1n) is 10.6. The maximum absolute atomic E-state index is 12.7. The zero-order valence-corrected chi connectivity index (χ0v) is 21.4. The summed E-state index contributed by atoms with van der Waals surface area (Å²) in [5.74, 6) is -0.283. The Bertz CT molecular complexity index is 1190. The molecule has 11 heteroatoms. The van der Waals surface area contributed by atoms with Gasteiger partial charge in [-0.1, -0.05) is 42.1 Å². The van der Waals surface area contributed by atoms with Crippen LogP contribution in [0, 0.1) is 6.92 Å². The summed E-state index contributed by atoms with van der Waals surface area (Å²) in [5.41, 5.74) is 1.80. The number of benzene rings is 1. The van der Waals surface area contributed by atoms with Crippen molar-refractivity contribution in [3.63, 3.8) is 0 Å². The lowest BCUT2D eigenvalue weighted by atomic mass is 10.1. The van der Waals surface area contributed by atoms with Gasteiger partial charge < -0.3 is 19.5 Å². The van der Waals surface area contributed by atoms with E-state index in [9.17, 15) is 14.4 Å². The number of esters is 1. The largest absolute Gasteiger partial charge is 0.465 e. The molecule has 9 nitrogen and oxygen atoms in total. The number of nitrogens with zero attached hydrogens (tertiary/aromatic N) is 4. The number of thioether (sulfide) groups is 1. The monoisotopic (exact) mass is 501 g/mol. The topological polar surface area (TPSA) is 106 Å². The highest BCUT2D eigenvalue weighted by Gasteiger charge is 2.27. The van der Waals surface area contributed by atoms with Gasteiger partial charge in [0.2, 0.25) is 5.91 Å². The van der Waals surface area contributed by atoms with E-state index in [4.69, 9.17) is 4.74 Å². The molecule has 0 radical (unpaired) electrons. The Hall–Kier alpha value is -3.18. The van der Waals surface area contributed by atoms with Crippen molar-refractivity contribution >= 4 is 45.9 Å². The van der Waals surface area contributed by atoms with Crippen molar-refractivity contribution in [1.29, 1.82) is 0 Å². The molecule has 0 aliphatic carbocycles. The summed E-state index contributed by atoms with van der Waals surface area (Å²) in [7, 11) is 4.52. The number of carbonyl (C=O) groups is 3. The van der Waals surface area contributed by atoms with Crippen LogP contribution >= 0.6 is 23.1 Å². The summed E-state index contributed by atoms with van der Waals surface area (Å²) >= 11 is 2.33. The molecular weight excluding hydrogens is 474 g/mol. The Labute approximate surface area is 206 Å². The third-order valence-corrected chi connectivity index (χ3v) is 7.20. The number of aromatic nitrogens is 3. The quantitative estimate of drug-likeness (QED) is 0.353. The highest BCUT2D eigenvalue weighted by atomic mass is 32.2. The van der Waals surface area contributed by atoms with Crippen LogP contribution in [0.1, 0.15) is 43.9 Å². The first kappa shape index (κ1) is 25.4. The number of hydrogen-bond acceptors (Lipinski definition) is 8. The lowest BCUT2D eigenvalue weighted by molar-refractivity contribution is -0.113. The number of anilines is 1. The first-order valence-corrected chi connectivity index (χ1v) is 12.4. The Kier molecular flexibility index (Phi) is 8.46. The van der Waals surface area contributed by atoms with Crippen LogP contribution in [0.5, 0.6) is 0 Å². The molecule has 1 aromatic carbocycles. The fourth-order valence-corrected chi connectivity index (χ4v) is 5.36. The molecule has 2 aromatic heterocycles. The second-order valence-electron chi connectivity index (χ2n) is 7.59. The smallest absolute Gasteiger partial charge is 0.341 e. The van der Waals surface area contributed by atoms with Gasteiger partial charge in [0.15, 0.2) is 5.16 Å². The fraction of sp³-hybridized carbons (Fsp3) is 0.348. The normalized spacial score (nSPS) is 10.7.